The zero-order chi connectivity index (χ0) is 30.1. The molecule has 2 atom stereocenters. The molecule has 0 saturated heterocycles. The van der Waals surface area contributed by atoms with Crippen LogP contribution in [0.4, 0.5) is 20.6 Å². The summed E-state index contributed by atoms with van der Waals surface area (Å²) >= 11 is 9.43. The van der Waals surface area contributed by atoms with Crippen molar-refractivity contribution in [1.82, 2.24) is 9.88 Å². The molecule has 2 N–H and O–H groups in total. The third-order valence-corrected chi connectivity index (χ3v) is 8.84. The number of rotatable bonds is 3. The minimum absolute atomic E-state index is 0.00669. The van der Waals surface area contributed by atoms with Gasteiger partial charge in [0, 0.05) is 53.1 Å². The van der Waals surface area contributed by atoms with Gasteiger partial charge in [-0.1, -0.05) is 40.9 Å². The van der Waals surface area contributed by atoms with E-state index in [1.165, 1.54) is 19.2 Å². The zero-order valence-corrected chi connectivity index (χ0v) is 25.4. The molecule has 3 heterocycles. The average molecular weight is 656 g/mol. The summed E-state index contributed by atoms with van der Waals surface area (Å²) < 4.78 is 15.5. The second kappa shape index (κ2) is 12.2. The largest absolute Gasteiger partial charge is 0.465 e. The first kappa shape index (κ1) is 29.7. The summed E-state index contributed by atoms with van der Waals surface area (Å²) in [5.41, 5.74) is 3.83. The van der Waals surface area contributed by atoms with Crippen LogP contribution in [0.1, 0.15) is 49.8 Å². The standard InChI is InChI=1S/C31H29BrClFN4O4/c1-17-4-3-5-26(38-13-11-19(15-27(38)39)28-22(32)8-9-23(33)29(28)34)18-10-12-35-24(14-18)21-7-6-20(37(2)31(41)42)16-25(21)36-30(17)40/h6-10,12,14-17,26H,3-5,11,13H2,1-2H3,(H,36,40)(H,41,42)/t17-,26+/m1/s1. The minimum Gasteiger partial charge on any atom is -0.465 e. The van der Waals surface area contributed by atoms with Crippen LogP contribution in [-0.4, -0.2) is 46.5 Å². The molecule has 1 aromatic heterocycles. The number of carbonyl (C=O) groups is 3. The van der Waals surface area contributed by atoms with E-state index in [-0.39, 0.29) is 28.8 Å². The third kappa shape index (κ3) is 5.91. The van der Waals surface area contributed by atoms with Crippen molar-refractivity contribution in [2.24, 2.45) is 5.92 Å². The molecule has 5 rings (SSSR count). The molecule has 0 spiro atoms. The summed E-state index contributed by atoms with van der Waals surface area (Å²) in [5, 5.41) is 12.4. The molecular formula is C31H29BrClFN4O4. The van der Waals surface area contributed by atoms with Crippen molar-refractivity contribution in [3.63, 3.8) is 0 Å². The van der Waals surface area contributed by atoms with E-state index in [0.29, 0.717) is 70.5 Å². The van der Waals surface area contributed by atoms with Crippen LogP contribution in [0.5, 0.6) is 0 Å². The molecule has 2 bridgehead atoms. The van der Waals surface area contributed by atoms with Crippen molar-refractivity contribution in [2.75, 3.05) is 23.8 Å². The molecule has 0 fully saturated rings. The Morgan fingerprint density at radius 2 is 1.98 bits per heavy atom. The van der Waals surface area contributed by atoms with Crippen molar-refractivity contribution < 1.29 is 23.9 Å². The predicted molar refractivity (Wildman–Crippen MR) is 164 cm³/mol. The van der Waals surface area contributed by atoms with Crippen LogP contribution in [0.2, 0.25) is 5.02 Å². The summed E-state index contributed by atoms with van der Waals surface area (Å²) in [5.74, 6) is -1.30. The maximum Gasteiger partial charge on any atom is 0.411 e. The lowest BCUT2D eigenvalue weighted by Crippen LogP contribution is -2.37. The lowest BCUT2D eigenvalue weighted by Gasteiger charge is -2.35. The minimum atomic E-state index is -1.13. The Labute approximate surface area is 256 Å². The molecule has 218 valence electrons. The molecular weight excluding hydrogens is 627 g/mol. The van der Waals surface area contributed by atoms with E-state index in [0.717, 1.165) is 10.5 Å². The van der Waals surface area contributed by atoms with Gasteiger partial charge in [-0.3, -0.25) is 19.5 Å². The molecule has 2 aliphatic rings. The van der Waals surface area contributed by atoms with Gasteiger partial charge in [-0.05, 0) is 72.9 Å². The van der Waals surface area contributed by atoms with E-state index in [1.54, 1.807) is 35.4 Å². The van der Waals surface area contributed by atoms with Crippen LogP contribution >= 0.6 is 27.5 Å². The molecule has 0 radical (unpaired) electrons. The number of carboxylic acid groups (broad SMARTS) is 1. The normalized spacial score (nSPS) is 19.2. The van der Waals surface area contributed by atoms with E-state index in [1.807, 2.05) is 19.1 Å². The molecule has 3 aromatic rings. The number of hydrogen-bond donors (Lipinski definition) is 2. The summed E-state index contributed by atoms with van der Waals surface area (Å²) in [6, 6.07) is 11.7. The van der Waals surface area contributed by atoms with Crippen LogP contribution in [-0.2, 0) is 9.59 Å². The third-order valence-electron chi connectivity index (χ3n) is 7.89. The second-order valence-corrected chi connectivity index (χ2v) is 11.8. The lowest BCUT2D eigenvalue weighted by molar-refractivity contribution is -0.129. The van der Waals surface area contributed by atoms with Crippen molar-refractivity contribution in [3.05, 3.63) is 81.2 Å². The topological polar surface area (TPSA) is 103 Å². The number of nitrogens with one attached hydrogen (secondary N) is 1. The second-order valence-electron chi connectivity index (χ2n) is 10.6. The highest BCUT2D eigenvalue weighted by Crippen LogP contribution is 2.39. The Kier molecular flexibility index (Phi) is 8.65. The van der Waals surface area contributed by atoms with Gasteiger partial charge in [-0.2, -0.15) is 0 Å². The Hall–Kier alpha value is -3.76. The summed E-state index contributed by atoms with van der Waals surface area (Å²) in [6.07, 6.45) is 4.36. The predicted octanol–water partition coefficient (Wildman–Crippen LogP) is 7.53. The van der Waals surface area contributed by atoms with Crippen LogP contribution < -0.4 is 10.2 Å². The van der Waals surface area contributed by atoms with Gasteiger partial charge in [0.25, 0.3) is 0 Å². The number of fused-ring (bicyclic) bond motifs is 4. The molecule has 0 aliphatic carbocycles. The number of halogens is 3. The van der Waals surface area contributed by atoms with E-state index in [2.05, 4.69) is 26.2 Å². The van der Waals surface area contributed by atoms with Crippen molar-refractivity contribution in [3.8, 4) is 11.3 Å². The Morgan fingerprint density at radius 1 is 1.19 bits per heavy atom. The molecule has 42 heavy (non-hydrogen) atoms. The Morgan fingerprint density at radius 3 is 2.71 bits per heavy atom. The number of hydrogen-bond acceptors (Lipinski definition) is 4. The van der Waals surface area contributed by atoms with Crippen LogP contribution in [0.3, 0.4) is 0 Å². The fourth-order valence-electron chi connectivity index (χ4n) is 5.47. The number of nitrogens with zero attached hydrogens (tertiary/aromatic N) is 3. The van der Waals surface area contributed by atoms with Crippen molar-refractivity contribution in [1.29, 1.82) is 0 Å². The lowest BCUT2D eigenvalue weighted by atomic mass is 9.91. The average Bonchev–Trinajstić information content (AvgIpc) is 2.97. The number of benzene rings is 2. The SMILES string of the molecule is C[C@@H]1CCC[C@H](N2CCC(c3c(Br)ccc(Cl)c3F)=CC2=O)c2ccnc(c2)-c2ccc(N(C)C(=O)O)cc2NC1=O. The maximum atomic E-state index is 14.9. The first-order valence-corrected chi connectivity index (χ1v) is 14.7. The number of aromatic nitrogens is 1. The van der Waals surface area contributed by atoms with Gasteiger partial charge in [0.05, 0.1) is 22.4 Å². The van der Waals surface area contributed by atoms with E-state index < -0.39 is 11.9 Å². The summed E-state index contributed by atoms with van der Waals surface area (Å²) in [6.45, 7) is 2.22. The Bertz CT molecular complexity index is 1610. The zero-order valence-electron chi connectivity index (χ0n) is 23.0. The molecule has 11 heteroatoms. The quantitative estimate of drug-likeness (QED) is 0.284. The summed E-state index contributed by atoms with van der Waals surface area (Å²) in [7, 11) is 1.43. The number of amides is 3. The summed E-state index contributed by atoms with van der Waals surface area (Å²) in [4.78, 5) is 45.7. The fourth-order valence-corrected chi connectivity index (χ4v) is 6.19. The molecule has 8 nitrogen and oxygen atoms in total. The number of pyridine rings is 1. The van der Waals surface area contributed by atoms with Gasteiger partial charge in [-0.15, -0.1) is 0 Å². The number of anilines is 2. The van der Waals surface area contributed by atoms with Crippen LogP contribution in [0.25, 0.3) is 16.8 Å². The van der Waals surface area contributed by atoms with E-state index in [4.69, 9.17) is 11.6 Å². The molecule has 3 amide bonds. The smallest absolute Gasteiger partial charge is 0.411 e. The van der Waals surface area contributed by atoms with Gasteiger partial charge in [-0.25, -0.2) is 9.18 Å². The van der Waals surface area contributed by atoms with Gasteiger partial charge >= 0.3 is 6.09 Å². The van der Waals surface area contributed by atoms with Gasteiger partial charge < -0.3 is 15.3 Å². The van der Waals surface area contributed by atoms with Gasteiger partial charge in [0.1, 0.15) is 5.82 Å². The highest BCUT2D eigenvalue weighted by Gasteiger charge is 2.30. The number of carbonyl (C=O) groups excluding carboxylic acids is 2. The van der Waals surface area contributed by atoms with Crippen molar-refractivity contribution >= 4 is 62.4 Å². The van der Waals surface area contributed by atoms with Gasteiger partial charge in [0.2, 0.25) is 11.8 Å². The first-order valence-electron chi connectivity index (χ1n) is 13.6. The highest BCUT2D eigenvalue weighted by molar-refractivity contribution is 9.10. The van der Waals surface area contributed by atoms with Crippen LogP contribution in [0, 0.1) is 11.7 Å². The van der Waals surface area contributed by atoms with Crippen LogP contribution in [0.15, 0.2) is 59.2 Å². The van der Waals surface area contributed by atoms with Gasteiger partial charge in [0.15, 0.2) is 0 Å². The molecule has 0 unspecified atom stereocenters. The van der Waals surface area contributed by atoms with E-state index in [9.17, 15) is 23.9 Å². The monoisotopic (exact) mass is 654 g/mol. The maximum absolute atomic E-state index is 14.9. The molecule has 2 aromatic carbocycles. The Balaban J connectivity index is 1.54. The molecule has 0 saturated carbocycles. The van der Waals surface area contributed by atoms with Crippen molar-refractivity contribution in [2.45, 2.75) is 38.6 Å². The van der Waals surface area contributed by atoms with E-state index >= 15 is 0 Å². The first-order chi connectivity index (χ1) is 20.0. The molecule has 2 aliphatic heterocycles. The fraction of sp³-hybridized carbons (Fsp3) is 0.290. The highest BCUT2D eigenvalue weighted by atomic mass is 79.9.